The predicted octanol–water partition coefficient (Wildman–Crippen LogP) is 4.06. The van der Waals surface area contributed by atoms with E-state index in [0.717, 1.165) is 22.3 Å². The normalized spacial score (nSPS) is 14.4. The summed E-state index contributed by atoms with van der Waals surface area (Å²) in [5, 5.41) is 7.20. The van der Waals surface area contributed by atoms with Crippen LogP contribution in [0.1, 0.15) is 55.1 Å². The van der Waals surface area contributed by atoms with Crippen molar-refractivity contribution in [3.63, 3.8) is 0 Å². The third kappa shape index (κ3) is 4.19. The van der Waals surface area contributed by atoms with E-state index in [0.29, 0.717) is 16.3 Å². The van der Waals surface area contributed by atoms with E-state index in [1.165, 1.54) is 16.8 Å². The standard InChI is InChI=1S/C30H24N4O6/c1-17-24(15-33(2)32-17)26(29(37)40-34-27(35)22-13-7-8-14-23(22)28(34)36)31-30(38)39-16-25-20-11-5-3-9-18(20)19-10-4-6-12-21(19)25/h3-15,25-26H,16H2,1-2H3,(H,31,38). The molecule has 1 aromatic heterocycles. The van der Waals surface area contributed by atoms with Crippen LogP contribution in [0.5, 0.6) is 0 Å². The van der Waals surface area contributed by atoms with E-state index in [-0.39, 0.29) is 23.7 Å². The van der Waals surface area contributed by atoms with E-state index in [4.69, 9.17) is 9.57 Å². The minimum Gasteiger partial charge on any atom is -0.449 e. The molecule has 10 heteroatoms. The summed E-state index contributed by atoms with van der Waals surface area (Å²) in [4.78, 5) is 57.2. The summed E-state index contributed by atoms with van der Waals surface area (Å²) < 4.78 is 7.10. The molecule has 10 nitrogen and oxygen atoms in total. The van der Waals surface area contributed by atoms with Crippen LogP contribution in [0.2, 0.25) is 0 Å². The number of carbonyl (C=O) groups is 4. The number of hydrogen-bond acceptors (Lipinski definition) is 7. The molecule has 3 amide bonds. The van der Waals surface area contributed by atoms with Crippen molar-refractivity contribution in [2.45, 2.75) is 18.9 Å². The van der Waals surface area contributed by atoms with Gasteiger partial charge >= 0.3 is 12.1 Å². The lowest BCUT2D eigenvalue weighted by Crippen LogP contribution is -2.41. The molecule has 40 heavy (non-hydrogen) atoms. The third-order valence-electron chi connectivity index (χ3n) is 7.14. The SMILES string of the molecule is Cc1nn(C)cc1C(NC(=O)OCC1c2ccccc2-c2ccccc21)C(=O)ON1C(=O)c2ccccc2C1=O. The van der Waals surface area contributed by atoms with Crippen LogP contribution < -0.4 is 5.32 Å². The first kappa shape index (κ1) is 25.1. The van der Waals surface area contributed by atoms with Gasteiger partial charge in [0.2, 0.25) is 0 Å². The lowest BCUT2D eigenvalue weighted by molar-refractivity contribution is -0.171. The number of fused-ring (bicyclic) bond motifs is 4. The van der Waals surface area contributed by atoms with Gasteiger partial charge in [0.15, 0.2) is 6.04 Å². The highest BCUT2D eigenvalue weighted by atomic mass is 16.7. The third-order valence-corrected chi connectivity index (χ3v) is 7.14. The van der Waals surface area contributed by atoms with Crippen molar-refractivity contribution < 1.29 is 28.8 Å². The van der Waals surface area contributed by atoms with Gasteiger partial charge in [0.25, 0.3) is 11.8 Å². The first-order valence-electron chi connectivity index (χ1n) is 12.6. The van der Waals surface area contributed by atoms with E-state index < -0.39 is 29.9 Å². The van der Waals surface area contributed by atoms with E-state index in [1.807, 2.05) is 48.5 Å². The highest BCUT2D eigenvalue weighted by Crippen LogP contribution is 2.44. The topological polar surface area (TPSA) is 120 Å². The Bertz CT molecular complexity index is 1610. The monoisotopic (exact) mass is 536 g/mol. The number of imide groups is 1. The van der Waals surface area contributed by atoms with Crippen LogP contribution in [-0.2, 0) is 21.4 Å². The fourth-order valence-electron chi connectivity index (χ4n) is 5.32. The molecule has 0 saturated carbocycles. The molecule has 0 spiro atoms. The molecule has 1 atom stereocenters. The Morgan fingerprint density at radius 1 is 0.875 bits per heavy atom. The van der Waals surface area contributed by atoms with Gasteiger partial charge in [-0.25, -0.2) is 9.59 Å². The van der Waals surface area contributed by atoms with Crippen molar-refractivity contribution in [1.29, 1.82) is 0 Å². The average molecular weight is 537 g/mol. The number of hydroxylamine groups is 2. The predicted molar refractivity (Wildman–Crippen MR) is 142 cm³/mol. The highest BCUT2D eigenvalue weighted by molar-refractivity contribution is 6.21. The summed E-state index contributed by atoms with van der Waals surface area (Å²) in [6.07, 6.45) is 0.683. The molecule has 3 aromatic carbocycles. The first-order chi connectivity index (χ1) is 19.3. The zero-order valence-electron chi connectivity index (χ0n) is 21.7. The molecule has 0 fully saturated rings. The Morgan fingerprint density at radius 2 is 1.40 bits per heavy atom. The smallest absolute Gasteiger partial charge is 0.408 e. The fourth-order valence-corrected chi connectivity index (χ4v) is 5.32. The Kier molecular flexibility index (Phi) is 6.14. The number of benzene rings is 3. The maximum absolute atomic E-state index is 13.4. The molecule has 0 radical (unpaired) electrons. The number of carbonyl (C=O) groups excluding carboxylic acids is 4. The summed E-state index contributed by atoms with van der Waals surface area (Å²) in [6.45, 7) is 1.70. The van der Waals surface area contributed by atoms with Gasteiger partial charge in [0.1, 0.15) is 6.61 Å². The molecule has 6 rings (SSSR count). The van der Waals surface area contributed by atoms with Crippen molar-refractivity contribution in [3.8, 4) is 11.1 Å². The van der Waals surface area contributed by atoms with Crippen LogP contribution >= 0.6 is 0 Å². The van der Waals surface area contributed by atoms with Gasteiger partial charge < -0.3 is 14.9 Å². The van der Waals surface area contributed by atoms with Crippen LogP contribution in [-0.4, -0.2) is 45.3 Å². The zero-order chi connectivity index (χ0) is 28.0. The minimum absolute atomic E-state index is 0.0338. The largest absolute Gasteiger partial charge is 0.449 e. The summed E-state index contributed by atoms with van der Waals surface area (Å²) in [6, 6.07) is 20.6. The number of ether oxygens (including phenoxy) is 1. The number of nitrogens with zero attached hydrogens (tertiary/aromatic N) is 3. The molecule has 0 saturated heterocycles. The molecule has 1 unspecified atom stereocenters. The van der Waals surface area contributed by atoms with Crippen molar-refractivity contribution in [2.75, 3.05) is 6.61 Å². The molecule has 0 bridgehead atoms. The number of rotatable bonds is 6. The highest BCUT2D eigenvalue weighted by Gasteiger charge is 2.41. The van der Waals surface area contributed by atoms with Gasteiger partial charge in [-0.2, -0.15) is 5.10 Å². The fraction of sp³-hybridized carbons (Fsp3) is 0.167. The molecular formula is C30H24N4O6. The van der Waals surface area contributed by atoms with Gasteiger partial charge in [-0.05, 0) is 41.3 Å². The van der Waals surface area contributed by atoms with Crippen LogP contribution in [0.25, 0.3) is 11.1 Å². The van der Waals surface area contributed by atoms with E-state index in [9.17, 15) is 19.2 Å². The number of aryl methyl sites for hydroxylation is 2. The molecule has 1 N–H and O–H groups in total. The minimum atomic E-state index is -1.39. The van der Waals surface area contributed by atoms with Crippen LogP contribution in [0.15, 0.2) is 79.0 Å². The van der Waals surface area contributed by atoms with Crippen molar-refractivity contribution >= 4 is 23.9 Å². The second-order valence-corrected chi connectivity index (χ2v) is 9.61. The second kappa shape index (κ2) is 9.81. The lowest BCUT2D eigenvalue weighted by Gasteiger charge is -2.20. The van der Waals surface area contributed by atoms with Crippen LogP contribution in [0.4, 0.5) is 4.79 Å². The molecular weight excluding hydrogens is 512 g/mol. The average Bonchev–Trinajstić information content (AvgIpc) is 3.55. The van der Waals surface area contributed by atoms with Crippen molar-refractivity contribution in [3.05, 3.63) is 113 Å². The van der Waals surface area contributed by atoms with E-state index in [1.54, 1.807) is 32.3 Å². The zero-order valence-corrected chi connectivity index (χ0v) is 21.7. The maximum Gasteiger partial charge on any atom is 0.408 e. The quantitative estimate of drug-likeness (QED) is 0.369. The van der Waals surface area contributed by atoms with Crippen LogP contribution in [0.3, 0.4) is 0 Å². The van der Waals surface area contributed by atoms with Gasteiger partial charge in [-0.1, -0.05) is 65.7 Å². The Labute approximate surface area is 229 Å². The van der Waals surface area contributed by atoms with Crippen molar-refractivity contribution in [2.24, 2.45) is 7.05 Å². The number of hydrogen-bond donors (Lipinski definition) is 1. The molecule has 1 aliphatic carbocycles. The maximum atomic E-state index is 13.4. The van der Waals surface area contributed by atoms with Gasteiger partial charge in [-0.15, -0.1) is 0 Å². The van der Waals surface area contributed by atoms with Crippen LogP contribution in [0, 0.1) is 6.92 Å². The van der Waals surface area contributed by atoms with Gasteiger partial charge in [0, 0.05) is 24.7 Å². The van der Waals surface area contributed by atoms with E-state index >= 15 is 0 Å². The van der Waals surface area contributed by atoms with Gasteiger partial charge in [-0.3, -0.25) is 14.3 Å². The van der Waals surface area contributed by atoms with Gasteiger partial charge in [0.05, 0.1) is 16.8 Å². The number of alkyl carbamates (subject to hydrolysis) is 1. The summed E-state index contributed by atoms with van der Waals surface area (Å²) >= 11 is 0. The Hall–Kier alpha value is -5.25. The van der Waals surface area contributed by atoms with E-state index in [2.05, 4.69) is 10.4 Å². The number of aromatic nitrogens is 2. The molecule has 2 aliphatic rings. The lowest BCUT2D eigenvalue weighted by atomic mass is 9.98. The number of nitrogens with one attached hydrogen (secondary N) is 1. The Morgan fingerprint density at radius 3 is 1.93 bits per heavy atom. The number of amides is 3. The Balaban J connectivity index is 1.21. The van der Waals surface area contributed by atoms with Crippen molar-refractivity contribution in [1.82, 2.24) is 20.2 Å². The summed E-state index contributed by atoms with van der Waals surface area (Å²) in [5.74, 6) is -2.75. The molecule has 1 aliphatic heterocycles. The first-order valence-corrected chi connectivity index (χ1v) is 12.6. The summed E-state index contributed by atoms with van der Waals surface area (Å²) in [5.41, 5.74) is 5.28. The second-order valence-electron chi connectivity index (χ2n) is 9.61. The molecule has 200 valence electrons. The molecule has 2 heterocycles. The molecule has 4 aromatic rings. The summed E-state index contributed by atoms with van der Waals surface area (Å²) in [7, 11) is 1.66.